The average Bonchev–Trinajstić information content (AvgIpc) is 2.39. The van der Waals surface area contributed by atoms with Crippen molar-refractivity contribution in [2.24, 2.45) is 0 Å². The first-order valence-corrected chi connectivity index (χ1v) is 6.08. The number of nitrogens with one attached hydrogen (secondary N) is 1. The van der Waals surface area contributed by atoms with E-state index in [4.69, 9.17) is 4.74 Å². The van der Waals surface area contributed by atoms with Crippen LogP contribution in [0.4, 0.5) is 16.2 Å². The fourth-order valence-corrected chi connectivity index (χ4v) is 2.07. The van der Waals surface area contributed by atoms with Gasteiger partial charge in [-0.1, -0.05) is 12.1 Å². The van der Waals surface area contributed by atoms with Crippen LogP contribution in [0, 0.1) is 0 Å². The number of para-hydroxylation sites is 2. The van der Waals surface area contributed by atoms with Crippen LogP contribution in [0.3, 0.4) is 0 Å². The van der Waals surface area contributed by atoms with E-state index in [9.17, 15) is 4.79 Å². The molecule has 0 atom stereocenters. The summed E-state index contributed by atoms with van der Waals surface area (Å²) in [5.74, 6) is 0. The summed E-state index contributed by atoms with van der Waals surface area (Å²) in [6, 6.07) is 7.88. The van der Waals surface area contributed by atoms with Gasteiger partial charge >= 0.3 is 6.03 Å². The summed E-state index contributed by atoms with van der Waals surface area (Å²) >= 11 is 0. The molecule has 2 rings (SSSR count). The summed E-state index contributed by atoms with van der Waals surface area (Å²) < 4.78 is 4.92. The standard InChI is InChI=1S/C13H19N3O2/c1-15-8-9-16(13(17)14-7-10-18-2)12-6-4-3-5-11(12)15/h3-6H,7-10H2,1-2H3,(H,14,17). The third-order valence-corrected chi connectivity index (χ3v) is 3.07. The highest BCUT2D eigenvalue weighted by Gasteiger charge is 2.24. The maximum Gasteiger partial charge on any atom is 0.322 e. The lowest BCUT2D eigenvalue weighted by Gasteiger charge is -2.35. The molecule has 1 aromatic carbocycles. The van der Waals surface area contributed by atoms with E-state index in [2.05, 4.69) is 10.2 Å². The predicted octanol–water partition coefficient (Wildman–Crippen LogP) is 1.30. The first-order valence-electron chi connectivity index (χ1n) is 6.08. The normalized spacial score (nSPS) is 14.3. The second-order valence-electron chi connectivity index (χ2n) is 4.29. The highest BCUT2D eigenvalue weighted by molar-refractivity contribution is 5.96. The highest BCUT2D eigenvalue weighted by Crippen LogP contribution is 2.31. The first kappa shape index (κ1) is 12.7. The van der Waals surface area contributed by atoms with Crippen LogP contribution in [0.2, 0.25) is 0 Å². The molecule has 0 fully saturated rings. The van der Waals surface area contributed by atoms with Crippen LogP contribution in [0.15, 0.2) is 24.3 Å². The number of carbonyl (C=O) groups is 1. The molecule has 5 nitrogen and oxygen atoms in total. The van der Waals surface area contributed by atoms with E-state index < -0.39 is 0 Å². The zero-order chi connectivity index (χ0) is 13.0. The van der Waals surface area contributed by atoms with Gasteiger partial charge in [0.1, 0.15) is 0 Å². The third kappa shape index (κ3) is 2.56. The van der Waals surface area contributed by atoms with Gasteiger partial charge in [0.25, 0.3) is 0 Å². The quantitative estimate of drug-likeness (QED) is 0.821. The molecular weight excluding hydrogens is 230 g/mol. The number of benzene rings is 1. The molecule has 1 N–H and O–H groups in total. The van der Waals surface area contributed by atoms with E-state index in [1.807, 2.05) is 31.3 Å². The van der Waals surface area contributed by atoms with Gasteiger partial charge in [0.05, 0.1) is 18.0 Å². The number of likely N-dealkylation sites (N-methyl/N-ethyl adjacent to an activating group) is 1. The number of fused-ring (bicyclic) bond motifs is 1. The van der Waals surface area contributed by atoms with Crippen molar-refractivity contribution in [1.82, 2.24) is 5.32 Å². The lowest BCUT2D eigenvalue weighted by molar-refractivity contribution is 0.197. The van der Waals surface area contributed by atoms with Crippen molar-refractivity contribution in [3.05, 3.63) is 24.3 Å². The smallest absolute Gasteiger partial charge is 0.322 e. The topological polar surface area (TPSA) is 44.8 Å². The molecule has 98 valence electrons. The molecule has 0 saturated heterocycles. The number of nitrogens with zero attached hydrogens (tertiary/aromatic N) is 2. The lowest BCUT2D eigenvalue weighted by Crippen LogP contribution is -2.47. The predicted molar refractivity (Wildman–Crippen MR) is 72.3 cm³/mol. The molecule has 18 heavy (non-hydrogen) atoms. The number of hydrogen-bond acceptors (Lipinski definition) is 3. The molecule has 0 aliphatic carbocycles. The summed E-state index contributed by atoms with van der Waals surface area (Å²) in [5.41, 5.74) is 2.05. The van der Waals surface area contributed by atoms with Crippen LogP contribution in [0.1, 0.15) is 0 Å². The van der Waals surface area contributed by atoms with E-state index in [-0.39, 0.29) is 6.03 Å². The van der Waals surface area contributed by atoms with Crippen LogP contribution in [-0.4, -0.2) is 46.4 Å². The van der Waals surface area contributed by atoms with Crippen molar-refractivity contribution in [2.75, 3.05) is 50.2 Å². The minimum atomic E-state index is -0.0624. The number of rotatable bonds is 3. The van der Waals surface area contributed by atoms with Crippen molar-refractivity contribution in [3.8, 4) is 0 Å². The van der Waals surface area contributed by atoms with Crippen molar-refractivity contribution in [1.29, 1.82) is 0 Å². The maximum absolute atomic E-state index is 12.1. The number of hydrogen-bond donors (Lipinski definition) is 1. The molecule has 1 aliphatic heterocycles. The summed E-state index contributed by atoms with van der Waals surface area (Å²) in [6.07, 6.45) is 0. The fourth-order valence-electron chi connectivity index (χ4n) is 2.07. The van der Waals surface area contributed by atoms with Crippen molar-refractivity contribution >= 4 is 17.4 Å². The summed E-state index contributed by atoms with van der Waals surface area (Å²) in [6.45, 7) is 2.60. The van der Waals surface area contributed by atoms with E-state index in [0.717, 1.165) is 17.9 Å². The molecule has 1 heterocycles. The highest BCUT2D eigenvalue weighted by atomic mass is 16.5. The van der Waals surface area contributed by atoms with Gasteiger partial charge < -0.3 is 15.0 Å². The molecule has 0 aromatic heterocycles. The Labute approximate surface area is 107 Å². The van der Waals surface area contributed by atoms with Crippen molar-refractivity contribution in [3.63, 3.8) is 0 Å². The Bertz CT molecular complexity index is 422. The molecule has 2 amide bonds. The minimum Gasteiger partial charge on any atom is -0.383 e. The molecular formula is C13H19N3O2. The van der Waals surface area contributed by atoms with Crippen LogP contribution >= 0.6 is 0 Å². The van der Waals surface area contributed by atoms with Gasteiger partial charge in [-0.25, -0.2) is 4.79 Å². The molecule has 1 aromatic rings. The Morgan fingerprint density at radius 1 is 1.33 bits per heavy atom. The Balaban J connectivity index is 2.11. The largest absolute Gasteiger partial charge is 0.383 e. The van der Waals surface area contributed by atoms with Gasteiger partial charge in [0.2, 0.25) is 0 Å². The van der Waals surface area contributed by atoms with E-state index in [0.29, 0.717) is 19.7 Å². The second-order valence-corrected chi connectivity index (χ2v) is 4.29. The zero-order valence-corrected chi connectivity index (χ0v) is 10.8. The van der Waals surface area contributed by atoms with E-state index >= 15 is 0 Å². The summed E-state index contributed by atoms with van der Waals surface area (Å²) in [7, 11) is 3.66. The molecule has 0 unspecified atom stereocenters. The van der Waals surface area contributed by atoms with Gasteiger partial charge in [-0.3, -0.25) is 4.90 Å². The van der Waals surface area contributed by atoms with E-state index in [1.165, 1.54) is 0 Å². The lowest BCUT2D eigenvalue weighted by atomic mass is 10.2. The number of anilines is 2. The number of amides is 2. The molecule has 5 heteroatoms. The first-order chi connectivity index (χ1) is 8.74. The van der Waals surface area contributed by atoms with Crippen LogP contribution in [0.25, 0.3) is 0 Å². The maximum atomic E-state index is 12.1. The monoisotopic (exact) mass is 249 g/mol. The fraction of sp³-hybridized carbons (Fsp3) is 0.462. The van der Waals surface area contributed by atoms with Gasteiger partial charge in [-0.2, -0.15) is 0 Å². The molecule has 1 aliphatic rings. The number of ether oxygens (including phenoxy) is 1. The Kier molecular flexibility index (Phi) is 4.04. The van der Waals surface area contributed by atoms with Gasteiger partial charge in [0.15, 0.2) is 0 Å². The average molecular weight is 249 g/mol. The van der Waals surface area contributed by atoms with Crippen molar-refractivity contribution in [2.45, 2.75) is 0 Å². The minimum absolute atomic E-state index is 0.0624. The van der Waals surface area contributed by atoms with E-state index in [1.54, 1.807) is 12.0 Å². The molecule has 0 bridgehead atoms. The molecule has 0 saturated carbocycles. The second kappa shape index (κ2) is 5.73. The molecule has 0 radical (unpaired) electrons. The molecule has 0 spiro atoms. The van der Waals surface area contributed by atoms with Crippen LogP contribution in [0.5, 0.6) is 0 Å². The van der Waals surface area contributed by atoms with Crippen LogP contribution < -0.4 is 15.1 Å². The van der Waals surface area contributed by atoms with Crippen LogP contribution in [-0.2, 0) is 4.74 Å². The third-order valence-electron chi connectivity index (χ3n) is 3.07. The Morgan fingerprint density at radius 3 is 2.78 bits per heavy atom. The summed E-state index contributed by atoms with van der Waals surface area (Å²) in [4.78, 5) is 16.0. The SMILES string of the molecule is COCCNC(=O)N1CCN(C)c2ccccc21. The Morgan fingerprint density at radius 2 is 2.06 bits per heavy atom. The van der Waals surface area contributed by atoms with Gasteiger partial charge in [-0.05, 0) is 12.1 Å². The van der Waals surface area contributed by atoms with Crippen molar-refractivity contribution < 1.29 is 9.53 Å². The van der Waals surface area contributed by atoms with Gasteiger partial charge in [0, 0.05) is 33.8 Å². The number of urea groups is 1. The summed E-state index contributed by atoms with van der Waals surface area (Å²) in [5, 5.41) is 2.85. The number of methoxy groups -OCH3 is 1. The Hall–Kier alpha value is -1.75. The zero-order valence-electron chi connectivity index (χ0n) is 10.8. The van der Waals surface area contributed by atoms with Gasteiger partial charge in [-0.15, -0.1) is 0 Å². The number of carbonyl (C=O) groups excluding carboxylic acids is 1.